The number of carbonyl (C=O) groups is 2. The van der Waals surface area contributed by atoms with E-state index >= 15 is 0 Å². The minimum Gasteiger partial charge on any atom is -0.378 e. The maximum atomic E-state index is 12.5. The lowest BCUT2D eigenvalue weighted by Gasteiger charge is -2.28. The maximum Gasteiger partial charge on any atom is 0.261 e. The second-order valence-electron chi connectivity index (χ2n) is 8.42. The van der Waals surface area contributed by atoms with Crippen molar-refractivity contribution in [2.75, 3.05) is 43.5 Å². The number of unbranched alkanes of at least 4 members (excludes halogenated alkanes) is 1. The van der Waals surface area contributed by atoms with Crippen LogP contribution in [0.5, 0.6) is 0 Å². The Morgan fingerprint density at radius 1 is 0.912 bits per heavy atom. The van der Waals surface area contributed by atoms with Gasteiger partial charge in [0.25, 0.3) is 11.8 Å². The molecule has 0 saturated carbocycles. The number of carbonyl (C=O) groups excluding carboxylic acids is 2. The predicted molar refractivity (Wildman–Crippen MR) is 131 cm³/mol. The van der Waals surface area contributed by atoms with Gasteiger partial charge in [-0.2, -0.15) is 0 Å². The number of aromatic nitrogens is 3. The number of nitrogens with zero attached hydrogens (tertiary/aromatic N) is 5. The van der Waals surface area contributed by atoms with Crippen LogP contribution in [0.1, 0.15) is 39.1 Å². The molecule has 0 radical (unpaired) electrons. The van der Waals surface area contributed by atoms with E-state index in [0.717, 1.165) is 48.5 Å². The number of hydrogen-bond donors (Lipinski definition) is 0. The van der Waals surface area contributed by atoms with Gasteiger partial charge in [0.1, 0.15) is 0 Å². The molecule has 8 nitrogen and oxygen atoms in total. The van der Waals surface area contributed by atoms with Crippen molar-refractivity contribution in [3.05, 3.63) is 65.2 Å². The van der Waals surface area contributed by atoms with Crippen molar-refractivity contribution in [2.45, 2.75) is 24.9 Å². The van der Waals surface area contributed by atoms with Gasteiger partial charge in [-0.25, -0.2) is 0 Å². The Bertz CT molecular complexity index is 1150. The predicted octanol–water partition coefficient (Wildman–Crippen LogP) is 3.58. The minimum atomic E-state index is -0.192. The molecule has 0 bridgehead atoms. The summed E-state index contributed by atoms with van der Waals surface area (Å²) >= 11 is 1.65. The van der Waals surface area contributed by atoms with Crippen molar-refractivity contribution < 1.29 is 14.3 Å². The summed E-state index contributed by atoms with van der Waals surface area (Å²) in [6.45, 7) is 5.44. The zero-order valence-electron chi connectivity index (χ0n) is 19.1. The molecule has 5 rings (SSSR count). The lowest BCUT2D eigenvalue weighted by Crippen LogP contribution is -2.37. The van der Waals surface area contributed by atoms with Crippen LogP contribution in [0.15, 0.2) is 53.7 Å². The highest BCUT2D eigenvalue weighted by atomic mass is 32.2. The van der Waals surface area contributed by atoms with E-state index in [-0.39, 0.29) is 11.8 Å². The average molecular weight is 478 g/mol. The van der Waals surface area contributed by atoms with Crippen molar-refractivity contribution >= 4 is 29.5 Å². The summed E-state index contributed by atoms with van der Waals surface area (Å²) in [5.74, 6) is 1.27. The maximum absolute atomic E-state index is 12.5. The normalized spacial score (nSPS) is 15.8. The number of aryl methyl sites for hydroxylation is 1. The number of hydrogen-bond acceptors (Lipinski definition) is 7. The van der Waals surface area contributed by atoms with Gasteiger partial charge in [0, 0.05) is 25.4 Å². The zero-order chi connectivity index (χ0) is 23.5. The fourth-order valence-corrected chi connectivity index (χ4v) is 5.17. The highest BCUT2D eigenvalue weighted by Gasteiger charge is 2.34. The lowest BCUT2D eigenvalue weighted by atomic mass is 10.1. The smallest absolute Gasteiger partial charge is 0.261 e. The summed E-state index contributed by atoms with van der Waals surface area (Å²) in [4.78, 5) is 28.6. The number of amides is 2. The van der Waals surface area contributed by atoms with E-state index in [1.807, 2.05) is 0 Å². The molecule has 2 aromatic carbocycles. The standard InChI is InChI=1S/C25H27N5O3S/c1-18-8-10-19(11-9-18)30-24(28-13-15-33-16-14-28)26-27-25(30)34-17-5-4-12-29-22(31)20-6-2-3-7-21(20)23(29)32/h2-3,6-11H,4-5,12-17H2,1H3. The molecule has 176 valence electrons. The van der Waals surface area contributed by atoms with Gasteiger partial charge in [-0.05, 0) is 44.0 Å². The molecule has 34 heavy (non-hydrogen) atoms. The van der Waals surface area contributed by atoms with Crippen LogP contribution in [-0.4, -0.2) is 70.1 Å². The number of thioether (sulfide) groups is 1. The third-order valence-corrected chi connectivity index (χ3v) is 7.10. The van der Waals surface area contributed by atoms with Gasteiger partial charge >= 0.3 is 0 Å². The quantitative estimate of drug-likeness (QED) is 0.279. The number of ether oxygens (including phenoxy) is 1. The number of fused-ring (bicyclic) bond motifs is 1. The largest absolute Gasteiger partial charge is 0.378 e. The Morgan fingerprint density at radius 2 is 1.59 bits per heavy atom. The van der Waals surface area contributed by atoms with E-state index in [9.17, 15) is 9.59 Å². The first-order chi connectivity index (χ1) is 16.6. The molecule has 1 saturated heterocycles. The third kappa shape index (κ3) is 4.45. The number of rotatable bonds is 8. The molecular weight excluding hydrogens is 450 g/mol. The second kappa shape index (κ2) is 9.99. The van der Waals surface area contributed by atoms with E-state index in [1.54, 1.807) is 36.0 Å². The SMILES string of the molecule is Cc1ccc(-n2c(SCCCCN3C(=O)c4ccccc4C3=O)nnc2N2CCOCC2)cc1. The van der Waals surface area contributed by atoms with Gasteiger partial charge in [0.15, 0.2) is 5.16 Å². The molecule has 0 spiro atoms. The summed E-state index contributed by atoms with van der Waals surface area (Å²) < 4.78 is 7.61. The van der Waals surface area contributed by atoms with Crippen LogP contribution in [0.4, 0.5) is 5.95 Å². The Labute approximate surface area is 202 Å². The molecule has 0 atom stereocenters. The Morgan fingerprint density at radius 3 is 2.26 bits per heavy atom. The van der Waals surface area contributed by atoms with E-state index < -0.39 is 0 Å². The van der Waals surface area contributed by atoms with Gasteiger partial charge in [0.05, 0.1) is 30.0 Å². The second-order valence-corrected chi connectivity index (χ2v) is 9.48. The molecule has 2 aliphatic rings. The van der Waals surface area contributed by atoms with Crippen molar-refractivity contribution in [3.63, 3.8) is 0 Å². The zero-order valence-corrected chi connectivity index (χ0v) is 20.0. The average Bonchev–Trinajstić information content (AvgIpc) is 3.40. The molecule has 2 aliphatic heterocycles. The molecular formula is C25H27N5O3S. The highest BCUT2D eigenvalue weighted by molar-refractivity contribution is 7.99. The first-order valence-electron chi connectivity index (χ1n) is 11.6. The summed E-state index contributed by atoms with van der Waals surface area (Å²) in [5, 5.41) is 9.84. The van der Waals surface area contributed by atoms with Crippen LogP contribution in [-0.2, 0) is 4.74 Å². The molecule has 2 amide bonds. The van der Waals surface area contributed by atoms with Crippen LogP contribution in [0.25, 0.3) is 5.69 Å². The molecule has 0 unspecified atom stereocenters. The Balaban J connectivity index is 1.23. The first kappa shape index (κ1) is 22.6. The number of anilines is 1. The van der Waals surface area contributed by atoms with Gasteiger partial charge in [-0.1, -0.05) is 41.6 Å². The summed E-state index contributed by atoms with van der Waals surface area (Å²) in [5.41, 5.74) is 3.24. The van der Waals surface area contributed by atoms with Crippen molar-refractivity contribution in [1.82, 2.24) is 19.7 Å². The van der Waals surface area contributed by atoms with E-state index in [4.69, 9.17) is 4.74 Å². The van der Waals surface area contributed by atoms with Crippen molar-refractivity contribution in [2.24, 2.45) is 0 Å². The topological polar surface area (TPSA) is 80.6 Å². The van der Waals surface area contributed by atoms with Crippen LogP contribution in [0, 0.1) is 6.92 Å². The molecule has 0 N–H and O–H groups in total. The first-order valence-corrected chi connectivity index (χ1v) is 12.6. The number of benzene rings is 2. The molecule has 3 aromatic rings. The van der Waals surface area contributed by atoms with Crippen LogP contribution in [0.2, 0.25) is 0 Å². The fraction of sp³-hybridized carbons (Fsp3) is 0.360. The molecule has 0 aliphatic carbocycles. The van der Waals surface area contributed by atoms with Gasteiger partial charge in [-0.3, -0.25) is 19.1 Å². The van der Waals surface area contributed by atoms with E-state index in [2.05, 4.69) is 50.9 Å². The Kier molecular flexibility index (Phi) is 6.64. The van der Waals surface area contributed by atoms with Gasteiger partial charge < -0.3 is 9.64 Å². The van der Waals surface area contributed by atoms with Crippen LogP contribution < -0.4 is 4.90 Å². The monoisotopic (exact) mass is 477 g/mol. The molecule has 9 heteroatoms. The van der Waals surface area contributed by atoms with Gasteiger partial charge in [-0.15, -0.1) is 10.2 Å². The summed E-state index contributed by atoms with van der Waals surface area (Å²) in [6.07, 6.45) is 1.60. The van der Waals surface area contributed by atoms with Crippen molar-refractivity contribution in [3.8, 4) is 5.69 Å². The van der Waals surface area contributed by atoms with Crippen LogP contribution in [0.3, 0.4) is 0 Å². The molecule has 1 aromatic heterocycles. The number of imide groups is 1. The highest BCUT2D eigenvalue weighted by Crippen LogP contribution is 2.28. The Hall–Kier alpha value is -3.17. The van der Waals surface area contributed by atoms with E-state index in [0.29, 0.717) is 30.9 Å². The third-order valence-electron chi connectivity index (χ3n) is 6.09. The van der Waals surface area contributed by atoms with E-state index in [1.165, 1.54) is 10.5 Å². The molecule has 1 fully saturated rings. The van der Waals surface area contributed by atoms with Crippen molar-refractivity contribution in [1.29, 1.82) is 0 Å². The lowest BCUT2D eigenvalue weighted by molar-refractivity contribution is 0.0652. The van der Waals surface area contributed by atoms with Gasteiger partial charge in [0.2, 0.25) is 5.95 Å². The van der Waals surface area contributed by atoms with Crippen LogP contribution >= 0.6 is 11.8 Å². The summed E-state index contributed by atoms with van der Waals surface area (Å²) in [6, 6.07) is 15.4. The minimum absolute atomic E-state index is 0.192. The summed E-state index contributed by atoms with van der Waals surface area (Å²) in [7, 11) is 0. The fourth-order valence-electron chi connectivity index (χ4n) is 4.22. The molecule has 3 heterocycles. The number of morpholine rings is 1.